The van der Waals surface area contributed by atoms with Crippen LogP contribution in [-0.4, -0.2) is 6.04 Å². The summed E-state index contributed by atoms with van der Waals surface area (Å²) in [6, 6.07) is 13.2. The number of alkyl halides is 3. The highest BCUT2D eigenvalue weighted by Crippen LogP contribution is 2.29. The van der Waals surface area contributed by atoms with Gasteiger partial charge in [-0.05, 0) is 43.0 Å². The molecule has 0 radical (unpaired) electrons. The highest BCUT2D eigenvalue weighted by atomic mass is 19.4. The first kappa shape index (κ1) is 15.6. The quantitative estimate of drug-likeness (QED) is 0.901. The average Bonchev–Trinajstić information content (AvgIpc) is 2.38. The topological polar surface area (TPSA) is 26.0 Å². The number of halogens is 3. The number of rotatable bonds is 4. The lowest BCUT2D eigenvalue weighted by Crippen LogP contribution is -2.25. The van der Waals surface area contributed by atoms with E-state index in [1.165, 1.54) is 17.7 Å². The van der Waals surface area contributed by atoms with Crippen LogP contribution in [0.15, 0.2) is 48.5 Å². The maximum Gasteiger partial charge on any atom is 0.416 e. The van der Waals surface area contributed by atoms with Crippen molar-refractivity contribution in [1.29, 1.82) is 0 Å². The van der Waals surface area contributed by atoms with E-state index in [1.54, 1.807) is 0 Å². The van der Waals surface area contributed by atoms with Crippen LogP contribution < -0.4 is 5.73 Å². The van der Waals surface area contributed by atoms with E-state index in [0.29, 0.717) is 12.8 Å². The van der Waals surface area contributed by atoms with E-state index < -0.39 is 11.7 Å². The fourth-order valence-electron chi connectivity index (χ4n) is 2.35. The van der Waals surface area contributed by atoms with Crippen molar-refractivity contribution in [1.82, 2.24) is 0 Å². The normalized spacial score (nSPS) is 13.2. The van der Waals surface area contributed by atoms with Crippen molar-refractivity contribution in [3.8, 4) is 0 Å². The maximum absolute atomic E-state index is 12.5. The highest BCUT2D eigenvalue weighted by molar-refractivity contribution is 5.26. The van der Waals surface area contributed by atoms with Crippen molar-refractivity contribution in [2.45, 2.75) is 32.0 Å². The molecule has 0 aliphatic heterocycles. The van der Waals surface area contributed by atoms with Gasteiger partial charge in [-0.2, -0.15) is 13.2 Å². The molecule has 4 heteroatoms. The molecule has 0 aliphatic rings. The second kappa shape index (κ2) is 6.31. The Balaban J connectivity index is 1.98. The van der Waals surface area contributed by atoms with Gasteiger partial charge in [0, 0.05) is 6.04 Å². The molecule has 0 spiro atoms. The van der Waals surface area contributed by atoms with Gasteiger partial charge in [-0.15, -0.1) is 0 Å². The summed E-state index contributed by atoms with van der Waals surface area (Å²) in [7, 11) is 0. The zero-order valence-corrected chi connectivity index (χ0v) is 11.8. The molecular formula is C17H18F3N. The minimum Gasteiger partial charge on any atom is -0.327 e. The highest BCUT2D eigenvalue weighted by Gasteiger charge is 2.29. The summed E-state index contributed by atoms with van der Waals surface area (Å²) in [5.41, 5.74) is 8.61. The van der Waals surface area contributed by atoms with Gasteiger partial charge >= 0.3 is 6.18 Å². The third-order valence-corrected chi connectivity index (χ3v) is 3.36. The van der Waals surface area contributed by atoms with Gasteiger partial charge in [-0.3, -0.25) is 0 Å². The fraction of sp³-hybridized carbons (Fsp3) is 0.294. The predicted molar refractivity (Wildman–Crippen MR) is 78.0 cm³/mol. The summed E-state index contributed by atoms with van der Waals surface area (Å²) >= 11 is 0. The minimum atomic E-state index is -4.29. The summed E-state index contributed by atoms with van der Waals surface area (Å²) in [6.45, 7) is 2.02. The van der Waals surface area contributed by atoms with E-state index in [2.05, 4.69) is 6.07 Å². The predicted octanol–water partition coefficient (Wildman–Crippen LogP) is 4.13. The van der Waals surface area contributed by atoms with Gasteiger partial charge in [0.15, 0.2) is 0 Å². The first-order valence-corrected chi connectivity index (χ1v) is 6.82. The Morgan fingerprint density at radius 2 is 1.57 bits per heavy atom. The van der Waals surface area contributed by atoms with E-state index >= 15 is 0 Å². The Morgan fingerprint density at radius 1 is 0.952 bits per heavy atom. The standard InChI is InChI=1S/C17H18F3N/c1-12-3-2-4-14(9-12)11-16(21)10-13-5-7-15(8-6-13)17(18,19)20/h2-9,16H,10-11,21H2,1H3. The second-order valence-corrected chi connectivity index (χ2v) is 5.35. The van der Waals surface area contributed by atoms with Crippen LogP contribution in [0.1, 0.15) is 22.3 Å². The van der Waals surface area contributed by atoms with Crippen molar-refractivity contribution in [2.75, 3.05) is 0 Å². The Morgan fingerprint density at radius 3 is 2.14 bits per heavy atom. The molecule has 0 bridgehead atoms. The van der Waals surface area contributed by atoms with Crippen molar-refractivity contribution >= 4 is 0 Å². The SMILES string of the molecule is Cc1cccc(CC(N)Cc2ccc(C(F)(F)F)cc2)c1. The van der Waals surface area contributed by atoms with Crippen LogP contribution in [-0.2, 0) is 19.0 Å². The summed E-state index contributed by atoms with van der Waals surface area (Å²) < 4.78 is 37.4. The molecule has 0 heterocycles. The number of nitrogens with two attached hydrogens (primary N) is 1. The number of aryl methyl sites for hydroxylation is 1. The minimum absolute atomic E-state index is 0.108. The van der Waals surface area contributed by atoms with E-state index in [1.807, 2.05) is 25.1 Å². The molecule has 112 valence electrons. The Labute approximate surface area is 122 Å². The molecule has 0 amide bonds. The summed E-state index contributed by atoms with van der Waals surface area (Å²) in [6.07, 6.45) is -3.02. The van der Waals surface area contributed by atoms with Gasteiger partial charge in [0.05, 0.1) is 5.56 Å². The van der Waals surface area contributed by atoms with Gasteiger partial charge < -0.3 is 5.73 Å². The molecule has 2 rings (SSSR count). The molecule has 1 nitrogen and oxygen atoms in total. The van der Waals surface area contributed by atoms with Gasteiger partial charge in [-0.25, -0.2) is 0 Å². The second-order valence-electron chi connectivity index (χ2n) is 5.35. The Kier molecular flexibility index (Phi) is 4.68. The first-order chi connectivity index (χ1) is 9.84. The molecule has 0 saturated carbocycles. The lowest BCUT2D eigenvalue weighted by Gasteiger charge is -2.13. The van der Waals surface area contributed by atoms with E-state index in [4.69, 9.17) is 5.73 Å². The summed E-state index contributed by atoms with van der Waals surface area (Å²) in [4.78, 5) is 0. The molecular weight excluding hydrogens is 275 g/mol. The molecule has 1 unspecified atom stereocenters. The largest absolute Gasteiger partial charge is 0.416 e. The third kappa shape index (κ3) is 4.60. The number of hydrogen-bond donors (Lipinski definition) is 1. The number of hydrogen-bond acceptors (Lipinski definition) is 1. The third-order valence-electron chi connectivity index (χ3n) is 3.36. The van der Waals surface area contributed by atoms with E-state index in [-0.39, 0.29) is 6.04 Å². The molecule has 0 saturated heterocycles. The fourth-order valence-corrected chi connectivity index (χ4v) is 2.35. The zero-order valence-electron chi connectivity index (χ0n) is 11.8. The van der Waals surface area contributed by atoms with Crippen LogP contribution in [0.3, 0.4) is 0 Å². The van der Waals surface area contributed by atoms with Crippen molar-refractivity contribution in [3.05, 3.63) is 70.8 Å². The molecule has 1 atom stereocenters. The van der Waals surface area contributed by atoms with E-state index in [9.17, 15) is 13.2 Å². The molecule has 2 N–H and O–H groups in total. The van der Waals surface area contributed by atoms with Crippen LogP contribution >= 0.6 is 0 Å². The summed E-state index contributed by atoms with van der Waals surface area (Å²) in [5.74, 6) is 0. The maximum atomic E-state index is 12.5. The average molecular weight is 293 g/mol. The smallest absolute Gasteiger partial charge is 0.327 e. The van der Waals surface area contributed by atoms with Crippen molar-refractivity contribution in [3.63, 3.8) is 0 Å². The van der Waals surface area contributed by atoms with Crippen molar-refractivity contribution in [2.24, 2.45) is 5.73 Å². The van der Waals surface area contributed by atoms with Crippen LogP contribution in [0.2, 0.25) is 0 Å². The Bertz CT molecular complexity index is 588. The number of benzene rings is 2. The lowest BCUT2D eigenvalue weighted by atomic mass is 9.98. The molecule has 0 aliphatic carbocycles. The van der Waals surface area contributed by atoms with Gasteiger partial charge in [0.25, 0.3) is 0 Å². The van der Waals surface area contributed by atoms with Gasteiger partial charge in [0.1, 0.15) is 0 Å². The first-order valence-electron chi connectivity index (χ1n) is 6.82. The molecule has 2 aromatic carbocycles. The molecule has 21 heavy (non-hydrogen) atoms. The molecule has 0 aromatic heterocycles. The molecule has 0 fully saturated rings. The van der Waals surface area contributed by atoms with Crippen LogP contribution in [0.5, 0.6) is 0 Å². The van der Waals surface area contributed by atoms with Crippen LogP contribution in [0, 0.1) is 6.92 Å². The van der Waals surface area contributed by atoms with E-state index in [0.717, 1.165) is 23.3 Å². The van der Waals surface area contributed by atoms with Crippen molar-refractivity contribution < 1.29 is 13.2 Å². The molecule has 2 aromatic rings. The zero-order chi connectivity index (χ0) is 15.5. The van der Waals surface area contributed by atoms with Crippen LogP contribution in [0.25, 0.3) is 0 Å². The lowest BCUT2D eigenvalue weighted by molar-refractivity contribution is -0.137. The van der Waals surface area contributed by atoms with Gasteiger partial charge in [-0.1, -0.05) is 42.0 Å². The summed E-state index contributed by atoms with van der Waals surface area (Å²) in [5, 5.41) is 0. The monoisotopic (exact) mass is 293 g/mol. The Hall–Kier alpha value is -1.81. The van der Waals surface area contributed by atoms with Gasteiger partial charge in [0.2, 0.25) is 0 Å². The van der Waals surface area contributed by atoms with Crippen LogP contribution in [0.4, 0.5) is 13.2 Å².